The van der Waals surface area contributed by atoms with Crippen molar-refractivity contribution in [2.75, 3.05) is 0 Å². The normalized spacial score (nSPS) is 13.7. The van der Waals surface area contributed by atoms with Crippen molar-refractivity contribution in [2.24, 2.45) is 0 Å². The van der Waals surface area contributed by atoms with E-state index < -0.39 is 0 Å². The fourth-order valence-electron chi connectivity index (χ4n) is 4.53. The van der Waals surface area contributed by atoms with Crippen molar-refractivity contribution >= 4 is 0 Å². The van der Waals surface area contributed by atoms with E-state index in [0.717, 1.165) is 6.42 Å². The molecule has 4 rings (SSSR count). The van der Waals surface area contributed by atoms with Crippen LogP contribution in [0, 0.1) is 26.0 Å². The zero-order chi connectivity index (χ0) is 20.7. The molecule has 3 heteroatoms. The Hall–Kier alpha value is -0.357. The number of hydrogen-bond acceptors (Lipinski definition) is 0. The first-order valence-electron chi connectivity index (χ1n) is 10.7. The Balaban J connectivity index is 0.000000995. The Morgan fingerprint density at radius 2 is 1.39 bits per heavy atom. The van der Waals surface area contributed by atoms with Crippen LogP contribution in [0.25, 0.3) is 11.1 Å². The maximum Gasteiger partial charge on any atom is 4.00 e. The van der Waals surface area contributed by atoms with Crippen LogP contribution in [0.1, 0.15) is 94.2 Å². The van der Waals surface area contributed by atoms with Crippen LogP contribution < -0.4 is 24.8 Å². The number of allylic oxidation sites excluding steroid dienone is 2. The summed E-state index contributed by atoms with van der Waals surface area (Å²) in [6.45, 7) is 18.2. The SMILES string of the molecule is Cc1[c-]c2c(cc1C(C)(C)C)-c1cc(C(C)(C)C)c(C)cc1C2.[C-]1=CCCC1.[Cl-].[Cl-].[Zr+4]. The van der Waals surface area contributed by atoms with E-state index in [9.17, 15) is 0 Å². The van der Waals surface area contributed by atoms with Gasteiger partial charge in [-0.3, -0.25) is 6.08 Å². The Labute approximate surface area is 222 Å². The molecule has 166 valence electrons. The van der Waals surface area contributed by atoms with Crippen LogP contribution >= 0.6 is 0 Å². The number of aryl methyl sites for hydroxylation is 2. The van der Waals surface area contributed by atoms with E-state index >= 15 is 0 Å². The minimum Gasteiger partial charge on any atom is -1.00 e. The van der Waals surface area contributed by atoms with E-state index in [1.54, 1.807) is 0 Å². The summed E-state index contributed by atoms with van der Waals surface area (Å²) in [4.78, 5) is 0. The first-order chi connectivity index (χ1) is 13.0. The summed E-state index contributed by atoms with van der Waals surface area (Å²) in [5, 5.41) is 0. The van der Waals surface area contributed by atoms with Gasteiger partial charge in [0.05, 0.1) is 0 Å². The molecule has 0 N–H and O–H groups in total. The van der Waals surface area contributed by atoms with Crippen molar-refractivity contribution in [3.8, 4) is 11.1 Å². The standard InChI is InChI=1S/C23H29.C5H7.2ClH.Zr/c1-14-9-16-11-17-10-15(2)21(23(6,7)8)13-19(17)18(16)12-20(14)22(3,4)5;1-2-4-5-3-1;;;/h9,12-13H,11H2,1-8H3;1H,2,4-5H2;2*1H;/q2*-1;;;+4/p-2. The number of rotatable bonds is 0. The molecule has 0 unspecified atom stereocenters. The Morgan fingerprint density at radius 1 is 0.806 bits per heavy atom. The van der Waals surface area contributed by atoms with Crippen molar-refractivity contribution < 1.29 is 51.0 Å². The van der Waals surface area contributed by atoms with Crippen molar-refractivity contribution in [3.63, 3.8) is 0 Å². The van der Waals surface area contributed by atoms with Crippen molar-refractivity contribution in [3.05, 3.63) is 69.8 Å². The minimum atomic E-state index is 0. The molecule has 2 aliphatic rings. The molecule has 2 aromatic rings. The van der Waals surface area contributed by atoms with Gasteiger partial charge in [-0.25, -0.2) is 0 Å². The molecule has 0 atom stereocenters. The Morgan fingerprint density at radius 3 is 1.84 bits per heavy atom. The topological polar surface area (TPSA) is 0 Å². The molecule has 0 fully saturated rings. The molecule has 0 amide bonds. The maximum absolute atomic E-state index is 3.69. The molecular weight excluding hydrogens is 498 g/mol. The molecule has 2 aliphatic carbocycles. The fraction of sp³-hybridized carbons (Fsp3) is 0.500. The fourth-order valence-corrected chi connectivity index (χ4v) is 4.53. The van der Waals surface area contributed by atoms with Gasteiger partial charge < -0.3 is 30.9 Å². The number of fused-ring (bicyclic) bond motifs is 3. The second-order valence-corrected chi connectivity index (χ2v) is 10.5. The second-order valence-electron chi connectivity index (χ2n) is 10.5. The van der Waals surface area contributed by atoms with Crippen LogP contribution in [0.3, 0.4) is 0 Å². The molecular formula is C28H36Cl2Zr. The van der Waals surface area contributed by atoms with Crippen molar-refractivity contribution in [1.82, 2.24) is 0 Å². The molecule has 0 nitrogen and oxygen atoms in total. The number of hydrogen-bond donors (Lipinski definition) is 0. The molecule has 0 saturated carbocycles. The monoisotopic (exact) mass is 532 g/mol. The van der Waals surface area contributed by atoms with Crippen LogP contribution in [0.5, 0.6) is 0 Å². The van der Waals surface area contributed by atoms with Gasteiger partial charge in [-0.2, -0.15) is 24.1 Å². The van der Waals surface area contributed by atoms with Gasteiger partial charge in [-0.1, -0.05) is 84.4 Å². The molecule has 0 aromatic heterocycles. The zero-order valence-corrected chi connectivity index (χ0v) is 24.4. The summed E-state index contributed by atoms with van der Waals surface area (Å²) >= 11 is 0. The Kier molecular flexibility index (Phi) is 11.5. The third-order valence-electron chi connectivity index (χ3n) is 5.89. The smallest absolute Gasteiger partial charge is 1.00 e. The van der Waals surface area contributed by atoms with E-state index in [4.69, 9.17) is 0 Å². The van der Waals surface area contributed by atoms with E-state index in [1.807, 2.05) is 0 Å². The summed E-state index contributed by atoms with van der Waals surface area (Å²) < 4.78 is 0. The van der Waals surface area contributed by atoms with E-state index in [0.29, 0.717) is 0 Å². The van der Waals surface area contributed by atoms with Gasteiger partial charge in [-0.15, -0.1) is 16.7 Å². The molecule has 0 saturated heterocycles. The average Bonchev–Trinajstić information content (AvgIpc) is 3.21. The number of benzene rings is 2. The molecule has 0 radical (unpaired) electrons. The molecule has 0 aliphatic heterocycles. The summed E-state index contributed by atoms with van der Waals surface area (Å²) in [6, 6.07) is 10.9. The zero-order valence-electron chi connectivity index (χ0n) is 20.4. The van der Waals surface area contributed by atoms with Gasteiger partial charge in [0.2, 0.25) is 0 Å². The van der Waals surface area contributed by atoms with E-state index in [-0.39, 0.29) is 61.8 Å². The van der Waals surface area contributed by atoms with Gasteiger partial charge in [0.15, 0.2) is 0 Å². The predicted octanol–water partition coefficient (Wildman–Crippen LogP) is 1.81. The molecule has 2 aromatic carbocycles. The molecule has 0 bridgehead atoms. The maximum atomic E-state index is 3.69. The third kappa shape index (κ3) is 7.06. The summed E-state index contributed by atoms with van der Waals surface area (Å²) in [5.74, 6) is 0. The largest absolute Gasteiger partial charge is 4.00 e. The third-order valence-corrected chi connectivity index (χ3v) is 5.89. The van der Waals surface area contributed by atoms with Gasteiger partial charge in [0, 0.05) is 0 Å². The van der Waals surface area contributed by atoms with E-state index in [2.05, 4.69) is 91.8 Å². The second kappa shape index (κ2) is 11.7. The molecule has 0 spiro atoms. The first kappa shape index (κ1) is 30.6. The number of halogens is 2. The van der Waals surface area contributed by atoms with Crippen LogP contribution in [0.4, 0.5) is 0 Å². The van der Waals surface area contributed by atoms with Gasteiger partial charge in [-0.05, 0) is 35.4 Å². The van der Waals surface area contributed by atoms with Gasteiger partial charge in [0.25, 0.3) is 0 Å². The summed E-state index contributed by atoms with van der Waals surface area (Å²) in [5.41, 5.74) is 11.6. The average molecular weight is 535 g/mol. The van der Waals surface area contributed by atoms with Crippen molar-refractivity contribution in [1.29, 1.82) is 0 Å². The minimum absolute atomic E-state index is 0. The van der Waals surface area contributed by atoms with Crippen LogP contribution in [-0.4, -0.2) is 0 Å². The van der Waals surface area contributed by atoms with Gasteiger partial charge >= 0.3 is 26.2 Å². The summed E-state index contributed by atoms with van der Waals surface area (Å²) in [6.07, 6.45) is 10.0. The van der Waals surface area contributed by atoms with E-state index in [1.165, 1.54) is 63.8 Å². The predicted molar refractivity (Wildman–Crippen MR) is 122 cm³/mol. The van der Waals surface area contributed by atoms with Gasteiger partial charge in [0.1, 0.15) is 0 Å². The van der Waals surface area contributed by atoms with Crippen LogP contribution in [-0.2, 0) is 43.5 Å². The van der Waals surface area contributed by atoms with Crippen LogP contribution in [0.15, 0.2) is 24.3 Å². The Bertz CT molecular complexity index is 839. The first-order valence-corrected chi connectivity index (χ1v) is 10.7. The van der Waals surface area contributed by atoms with Crippen LogP contribution in [0.2, 0.25) is 0 Å². The molecule has 0 heterocycles. The van der Waals surface area contributed by atoms with Crippen molar-refractivity contribution in [2.45, 2.75) is 91.9 Å². The quantitative estimate of drug-likeness (QED) is 0.386. The molecule has 31 heavy (non-hydrogen) atoms. The summed E-state index contributed by atoms with van der Waals surface area (Å²) in [7, 11) is 0.